The molecule has 5 heteroatoms. The highest BCUT2D eigenvalue weighted by atomic mass is 16.5. The fraction of sp³-hybridized carbons (Fsp3) is 0.111. The van der Waals surface area contributed by atoms with Gasteiger partial charge in [-0.1, -0.05) is 18.2 Å². The first-order valence-corrected chi connectivity index (χ1v) is 7.09. The van der Waals surface area contributed by atoms with Crippen molar-refractivity contribution in [1.29, 1.82) is 0 Å². The molecule has 1 aromatic heterocycles. The molecule has 1 N–H and O–H groups in total. The molecule has 23 heavy (non-hydrogen) atoms. The number of ether oxygens (including phenoxy) is 2. The number of ketones is 1. The highest BCUT2D eigenvalue weighted by Crippen LogP contribution is 2.18. The predicted molar refractivity (Wildman–Crippen MR) is 85.9 cm³/mol. The topological polar surface area (TPSA) is 68.4 Å². The second kappa shape index (κ2) is 6.36. The molecule has 0 unspecified atom stereocenters. The van der Waals surface area contributed by atoms with Crippen LogP contribution in [0.25, 0.3) is 10.9 Å². The average Bonchev–Trinajstić information content (AvgIpc) is 3.03. The second-order valence-corrected chi connectivity index (χ2v) is 4.98. The summed E-state index contributed by atoms with van der Waals surface area (Å²) in [5.41, 5.74) is 1.76. The Kier molecular flexibility index (Phi) is 4.10. The van der Waals surface area contributed by atoms with Gasteiger partial charge in [-0.05, 0) is 30.3 Å². The number of hydrogen-bond acceptors (Lipinski definition) is 4. The van der Waals surface area contributed by atoms with Crippen molar-refractivity contribution in [2.75, 3.05) is 13.7 Å². The fourth-order valence-corrected chi connectivity index (χ4v) is 2.32. The van der Waals surface area contributed by atoms with E-state index in [-0.39, 0.29) is 12.4 Å². The Morgan fingerprint density at radius 3 is 2.52 bits per heavy atom. The van der Waals surface area contributed by atoms with Crippen LogP contribution < -0.4 is 4.74 Å². The molecule has 0 aliphatic heterocycles. The lowest BCUT2D eigenvalue weighted by atomic mass is 10.1. The van der Waals surface area contributed by atoms with Crippen molar-refractivity contribution < 1.29 is 19.1 Å². The number of methoxy groups -OCH3 is 1. The second-order valence-electron chi connectivity index (χ2n) is 4.98. The van der Waals surface area contributed by atoms with Crippen LogP contribution in [0.4, 0.5) is 0 Å². The van der Waals surface area contributed by atoms with Gasteiger partial charge in [0.2, 0.25) is 5.78 Å². The molecule has 0 atom stereocenters. The van der Waals surface area contributed by atoms with Crippen molar-refractivity contribution >= 4 is 22.7 Å². The predicted octanol–water partition coefficient (Wildman–Crippen LogP) is 3.22. The molecule has 0 radical (unpaired) electrons. The molecule has 0 fully saturated rings. The van der Waals surface area contributed by atoms with Gasteiger partial charge in [-0.15, -0.1) is 0 Å². The highest BCUT2D eigenvalue weighted by Gasteiger charge is 2.15. The van der Waals surface area contributed by atoms with Gasteiger partial charge >= 0.3 is 5.97 Å². The number of nitrogens with one attached hydrogen (secondary N) is 1. The van der Waals surface area contributed by atoms with E-state index in [4.69, 9.17) is 9.47 Å². The van der Waals surface area contributed by atoms with Crippen LogP contribution in [-0.2, 0) is 4.74 Å². The van der Waals surface area contributed by atoms with E-state index in [0.717, 1.165) is 10.9 Å². The molecule has 0 amide bonds. The summed E-state index contributed by atoms with van der Waals surface area (Å²) in [4.78, 5) is 27.2. The molecule has 5 nitrogen and oxygen atoms in total. The first kappa shape index (κ1) is 14.8. The minimum Gasteiger partial charge on any atom is -0.497 e. The number of aromatic amines is 1. The number of H-pyrrole nitrogens is 1. The van der Waals surface area contributed by atoms with Gasteiger partial charge in [-0.3, -0.25) is 4.79 Å². The number of Topliss-reactive ketones (excluding diaryl/α,β-unsaturated/α-hetero) is 1. The molecule has 116 valence electrons. The zero-order chi connectivity index (χ0) is 16.2. The Bertz CT molecular complexity index is 849. The summed E-state index contributed by atoms with van der Waals surface area (Å²) >= 11 is 0. The smallest absolute Gasteiger partial charge is 0.338 e. The van der Waals surface area contributed by atoms with Crippen molar-refractivity contribution in [1.82, 2.24) is 4.98 Å². The van der Waals surface area contributed by atoms with Crippen LogP contribution in [0.3, 0.4) is 0 Å². The maximum absolute atomic E-state index is 12.2. The fourth-order valence-electron chi connectivity index (χ4n) is 2.32. The maximum atomic E-state index is 12.2. The molecule has 0 aliphatic carbocycles. The zero-order valence-corrected chi connectivity index (χ0v) is 12.5. The number of rotatable bonds is 5. The molecular weight excluding hydrogens is 294 g/mol. The van der Waals surface area contributed by atoms with E-state index in [1.54, 1.807) is 37.6 Å². The summed E-state index contributed by atoms with van der Waals surface area (Å²) in [5.74, 6) is -0.137. The molecule has 1 heterocycles. The van der Waals surface area contributed by atoms with Gasteiger partial charge in [-0.25, -0.2) is 4.79 Å². The van der Waals surface area contributed by atoms with E-state index < -0.39 is 5.97 Å². The normalized spacial score (nSPS) is 10.5. The highest BCUT2D eigenvalue weighted by molar-refractivity contribution is 6.09. The van der Waals surface area contributed by atoms with Crippen LogP contribution in [0.1, 0.15) is 20.7 Å². The third kappa shape index (κ3) is 3.08. The molecular formula is C18H15NO4. The Balaban J connectivity index is 1.67. The standard InChI is InChI=1S/C18H15NO4/c1-22-13-8-6-12(7-9-13)18(21)23-11-17(20)15-10-19-16-5-3-2-4-14(15)16/h2-10,19H,11H2,1H3. The number of benzene rings is 2. The van der Waals surface area contributed by atoms with Crippen molar-refractivity contribution in [3.05, 3.63) is 65.9 Å². The number of hydrogen-bond donors (Lipinski definition) is 1. The molecule has 0 saturated heterocycles. The lowest BCUT2D eigenvalue weighted by Crippen LogP contribution is -2.14. The van der Waals surface area contributed by atoms with Gasteiger partial charge in [0.25, 0.3) is 0 Å². The van der Waals surface area contributed by atoms with Crippen molar-refractivity contribution in [3.8, 4) is 5.75 Å². The Labute approximate surface area is 132 Å². The van der Waals surface area contributed by atoms with Gasteiger partial charge in [0.1, 0.15) is 5.75 Å². The SMILES string of the molecule is COc1ccc(C(=O)OCC(=O)c2c[nH]c3ccccc23)cc1. The van der Waals surface area contributed by atoms with E-state index in [1.807, 2.05) is 24.3 Å². The summed E-state index contributed by atoms with van der Waals surface area (Å²) in [5, 5.41) is 0.818. The third-order valence-electron chi connectivity index (χ3n) is 3.55. The minimum absolute atomic E-state index is 0.246. The van der Waals surface area contributed by atoms with E-state index >= 15 is 0 Å². The Hall–Kier alpha value is -3.08. The number of esters is 1. The molecule has 0 bridgehead atoms. The van der Waals surface area contributed by atoms with Gasteiger partial charge in [0, 0.05) is 22.7 Å². The molecule has 0 aliphatic rings. The van der Waals surface area contributed by atoms with Gasteiger partial charge in [0.05, 0.1) is 12.7 Å². The molecule has 3 rings (SSSR count). The summed E-state index contributed by atoms with van der Waals surface area (Å²) in [7, 11) is 1.55. The maximum Gasteiger partial charge on any atom is 0.338 e. The van der Waals surface area contributed by atoms with Gasteiger partial charge < -0.3 is 14.5 Å². The largest absolute Gasteiger partial charge is 0.497 e. The van der Waals surface area contributed by atoms with E-state index in [9.17, 15) is 9.59 Å². The van der Waals surface area contributed by atoms with E-state index in [1.165, 1.54) is 0 Å². The van der Waals surface area contributed by atoms with Crippen LogP contribution in [-0.4, -0.2) is 30.5 Å². The third-order valence-corrected chi connectivity index (χ3v) is 3.55. The lowest BCUT2D eigenvalue weighted by Gasteiger charge is -2.05. The lowest BCUT2D eigenvalue weighted by molar-refractivity contribution is 0.0475. The van der Waals surface area contributed by atoms with E-state index in [2.05, 4.69) is 4.98 Å². The quantitative estimate of drug-likeness (QED) is 0.580. The zero-order valence-electron chi connectivity index (χ0n) is 12.5. The number of para-hydroxylation sites is 1. The monoisotopic (exact) mass is 309 g/mol. The van der Waals surface area contributed by atoms with Crippen molar-refractivity contribution in [3.63, 3.8) is 0 Å². The first-order valence-electron chi connectivity index (χ1n) is 7.09. The minimum atomic E-state index is -0.541. The van der Waals surface area contributed by atoms with Crippen LogP contribution >= 0.6 is 0 Å². The van der Waals surface area contributed by atoms with Crippen molar-refractivity contribution in [2.24, 2.45) is 0 Å². The number of fused-ring (bicyclic) bond motifs is 1. The molecule has 0 spiro atoms. The first-order chi connectivity index (χ1) is 11.2. The average molecular weight is 309 g/mol. The molecule has 3 aromatic rings. The van der Waals surface area contributed by atoms with Crippen LogP contribution in [0.2, 0.25) is 0 Å². The summed E-state index contributed by atoms with van der Waals surface area (Å²) in [6.45, 7) is -0.299. The Morgan fingerprint density at radius 1 is 1.04 bits per heavy atom. The summed E-state index contributed by atoms with van der Waals surface area (Å²) < 4.78 is 10.1. The summed E-state index contributed by atoms with van der Waals surface area (Å²) in [6, 6.07) is 14.0. The van der Waals surface area contributed by atoms with Gasteiger partial charge in [0.15, 0.2) is 6.61 Å². The number of aromatic nitrogens is 1. The summed E-state index contributed by atoms with van der Waals surface area (Å²) in [6.07, 6.45) is 1.63. The Morgan fingerprint density at radius 2 is 1.78 bits per heavy atom. The van der Waals surface area contributed by atoms with Crippen LogP contribution in [0.15, 0.2) is 54.7 Å². The van der Waals surface area contributed by atoms with Crippen molar-refractivity contribution in [2.45, 2.75) is 0 Å². The van der Waals surface area contributed by atoms with Crippen LogP contribution in [0.5, 0.6) is 5.75 Å². The number of carbonyl (C=O) groups excluding carboxylic acids is 2. The van der Waals surface area contributed by atoms with Crippen LogP contribution in [0, 0.1) is 0 Å². The van der Waals surface area contributed by atoms with Gasteiger partial charge in [-0.2, -0.15) is 0 Å². The molecule has 2 aromatic carbocycles. The number of carbonyl (C=O) groups is 2. The van der Waals surface area contributed by atoms with E-state index in [0.29, 0.717) is 16.9 Å². The molecule has 0 saturated carbocycles.